The van der Waals surface area contributed by atoms with Gasteiger partial charge in [0.25, 0.3) is 0 Å². The van der Waals surface area contributed by atoms with Crippen molar-refractivity contribution in [3.8, 4) is 0 Å². The lowest BCUT2D eigenvalue weighted by atomic mass is 9.84. The van der Waals surface area contributed by atoms with Gasteiger partial charge in [-0.25, -0.2) is 0 Å². The molecule has 0 saturated carbocycles. The van der Waals surface area contributed by atoms with Crippen LogP contribution in [0.3, 0.4) is 0 Å². The first-order valence-electron chi connectivity index (χ1n) is 5.64. The van der Waals surface area contributed by atoms with Crippen molar-refractivity contribution in [2.45, 2.75) is 40.2 Å². The van der Waals surface area contributed by atoms with Crippen molar-refractivity contribution < 1.29 is 10.3 Å². The molecule has 96 valence electrons. The van der Waals surface area contributed by atoms with Crippen LogP contribution < -0.4 is 11.1 Å². The molecule has 5 N–H and O–H groups in total. The SMILES string of the molecule is CC(CNC(CCO)C(C)(C)C)C(N)=NO. The van der Waals surface area contributed by atoms with E-state index in [-0.39, 0.29) is 29.8 Å². The zero-order chi connectivity index (χ0) is 12.8. The lowest BCUT2D eigenvalue weighted by Gasteiger charge is -2.32. The lowest BCUT2D eigenvalue weighted by Crippen LogP contribution is -2.44. The number of hydrogen-bond donors (Lipinski definition) is 4. The number of aliphatic hydroxyl groups is 1. The molecule has 0 bridgehead atoms. The predicted molar refractivity (Wildman–Crippen MR) is 65.5 cm³/mol. The summed E-state index contributed by atoms with van der Waals surface area (Å²) in [6.07, 6.45) is 0.701. The van der Waals surface area contributed by atoms with E-state index >= 15 is 0 Å². The Bertz CT molecular complexity index is 224. The molecule has 0 aliphatic rings. The highest BCUT2D eigenvalue weighted by Gasteiger charge is 2.24. The Hall–Kier alpha value is -0.810. The molecule has 0 aliphatic heterocycles. The fraction of sp³-hybridized carbons (Fsp3) is 0.909. The highest BCUT2D eigenvalue weighted by atomic mass is 16.4. The number of rotatable bonds is 6. The van der Waals surface area contributed by atoms with E-state index in [2.05, 4.69) is 31.2 Å². The minimum absolute atomic E-state index is 0.0199. The smallest absolute Gasteiger partial charge is 0.143 e. The fourth-order valence-corrected chi connectivity index (χ4v) is 1.49. The van der Waals surface area contributed by atoms with Crippen LogP contribution in [0.5, 0.6) is 0 Å². The topological polar surface area (TPSA) is 90.9 Å². The Morgan fingerprint density at radius 2 is 2.00 bits per heavy atom. The van der Waals surface area contributed by atoms with Gasteiger partial charge in [-0.3, -0.25) is 0 Å². The normalized spacial score (nSPS) is 17.2. The summed E-state index contributed by atoms with van der Waals surface area (Å²) in [7, 11) is 0. The Morgan fingerprint density at radius 1 is 1.44 bits per heavy atom. The summed E-state index contributed by atoms with van der Waals surface area (Å²) in [5.41, 5.74) is 5.57. The van der Waals surface area contributed by atoms with E-state index in [4.69, 9.17) is 16.0 Å². The van der Waals surface area contributed by atoms with Gasteiger partial charge in [-0.2, -0.15) is 0 Å². The first kappa shape index (κ1) is 15.2. The Labute approximate surface area is 97.7 Å². The van der Waals surface area contributed by atoms with Crippen molar-refractivity contribution in [1.29, 1.82) is 0 Å². The summed E-state index contributed by atoms with van der Waals surface area (Å²) in [6.45, 7) is 9.04. The second-order valence-electron chi connectivity index (χ2n) is 5.27. The third kappa shape index (κ3) is 5.32. The molecule has 2 atom stereocenters. The standard InChI is InChI=1S/C11H25N3O2/c1-8(10(12)14-16)7-13-9(5-6-15)11(2,3)4/h8-9,13,15-16H,5-7H2,1-4H3,(H2,12,14). The maximum Gasteiger partial charge on any atom is 0.143 e. The van der Waals surface area contributed by atoms with Crippen LogP contribution in [0.4, 0.5) is 0 Å². The van der Waals surface area contributed by atoms with Crippen molar-refractivity contribution in [2.75, 3.05) is 13.2 Å². The van der Waals surface area contributed by atoms with Gasteiger partial charge in [0.1, 0.15) is 5.84 Å². The quantitative estimate of drug-likeness (QED) is 0.235. The molecular formula is C11H25N3O2. The zero-order valence-electron chi connectivity index (χ0n) is 10.7. The first-order chi connectivity index (χ1) is 7.32. The molecule has 5 heteroatoms. The van der Waals surface area contributed by atoms with Gasteiger partial charge < -0.3 is 21.4 Å². The second-order valence-corrected chi connectivity index (χ2v) is 5.27. The van der Waals surface area contributed by atoms with Crippen molar-refractivity contribution in [3.63, 3.8) is 0 Å². The van der Waals surface area contributed by atoms with Crippen molar-refractivity contribution in [3.05, 3.63) is 0 Å². The molecule has 0 aliphatic carbocycles. The zero-order valence-corrected chi connectivity index (χ0v) is 10.7. The summed E-state index contributed by atoms with van der Waals surface area (Å²) >= 11 is 0. The number of hydrogen-bond acceptors (Lipinski definition) is 4. The molecule has 0 aromatic rings. The van der Waals surface area contributed by atoms with Crippen molar-refractivity contribution >= 4 is 5.84 Å². The van der Waals surface area contributed by atoms with Gasteiger partial charge in [-0.1, -0.05) is 32.9 Å². The average Bonchev–Trinajstić information content (AvgIpc) is 2.20. The molecule has 16 heavy (non-hydrogen) atoms. The summed E-state index contributed by atoms with van der Waals surface area (Å²) in [5, 5.41) is 23.8. The Morgan fingerprint density at radius 3 is 2.38 bits per heavy atom. The van der Waals surface area contributed by atoms with Crippen molar-refractivity contribution in [1.82, 2.24) is 5.32 Å². The van der Waals surface area contributed by atoms with Crippen LogP contribution in [0, 0.1) is 11.3 Å². The first-order valence-corrected chi connectivity index (χ1v) is 5.64. The number of oxime groups is 1. The van der Waals surface area contributed by atoms with Crippen molar-refractivity contribution in [2.24, 2.45) is 22.2 Å². The van der Waals surface area contributed by atoms with Crippen LogP contribution in [0.1, 0.15) is 34.1 Å². The van der Waals surface area contributed by atoms with Gasteiger partial charge >= 0.3 is 0 Å². The predicted octanol–water partition coefficient (Wildman–Crippen LogP) is 0.756. The number of nitrogens with two attached hydrogens (primary N) is 1. The third-order valence-corrected chi connectivity index (χ3v) is 2.75. The van der Waals surface area contributed by atoms with Crippen LogP contribution in [-0.4, -0.2) is 35.3 Å². The number of aliphatic hydroxyl groups excluding tert-OH is 1. The molecule has 0 rings (SSSR count). The molecule has 5 nitrogen and oxygen atoms in total. The van der Waals surface area contributed by atoms with E-state index in [0.717, 1.165) is 0 Å². The Kier molecular flexibility index (Phi) is 6.36. The number of nitrogens with zero attached hydrogens (tertiary/aromatic N) is 1. The summed E-state index contributed by atoms with van der Waals surface area (Å²) in [4.78, 5) is 0. The molecule has 0 heterocycles. The highest BCUT2D eigenvalue weighted by molar-refractivity contribution is 5.82. The van der Waals surface area contributed by atoms with Gasteiger partial charge in [0.2, 0.25) is 0 Å². The molecule has 0 aromatic heterocycles. The molecular weight excluding hydrogens is 206 g/mol. The van der Waals surface area contributed by atoms with Gasteiger partial charge in [-0.15, -0.1) is 0 Å². The van der Waals surface area contributed by atoms with E-state index in [1.807, 2.05) is 6.92 Å². The van der Waals surface area contributed by atoms with Gasteiger partial charge in [-0.05, 0) is 11.8 Å². The molecule has 0 saturated heterocycles. The minimum Gasteiger partial charge on any atom is -0.409 e. The molecule has 2 unspecified atom stereocenters. The van der Waals surface area contributed by atoms with Crippen LogP contribution in [-0.2, 0) is 0 Å². The largest absolute Gasteiger partial charge is 0.409 e. The second kappa shape index (κ2) is 6.70. The van der Waals surface area contributed by atoms with E-state index in [1.54, 1.807) is 0 Å². The molecule has 0 amide bonds. The van der Waals surface area contributed by atoms with Gasteiger partial charge in [0, 0.05) is 25.1 Å². The number of amidine groups is 1. The monoisotopic (exact) mass is 231 g/mol. The van der Waals surface area contributed by atoms with Gasteiger partial charge in [0.05, 0.1) is 0 Å². The average molecular weight is 231 g/mol. The summed E-state index contributed by atoms with van der Waals surface area (Å²) in [5.74, 6) is 0.206. The molecule has 0 aromatic carbocycles. The molecule has 0 radical (unpaired) electrons. The summed E-state index contributed by atoms with van der Waals surface area (Å²) < 4.78 is 0. The van der Waals surface area contributed by atoms with E-state index < -0.39 is 0 Å². The van der Waals surface area contributed by atoms with E-state index in [9.17, 15) is 0 Å². The summed E-state index contributed by atoms with van der Waals surface area (Å²) in [6, 6.07) is 0.214. The number of nitrogens with one attached hydrogen (secondary N) is 1. The fourth-order valence-electron chi connectivity index (χ4n) is 1.49. The highest BCUT2D eigenvalue weighted by Crippen LogP contribution is 2.21. The molecule has 0 fully saturated rings. The van der Waals surface area contributed by atoms with Crippen LogP contribution in [0.15, 0.2) is 5.16 Å². The maximum absolute atomic E-state index is 8.99. The maximum atomic E-state index is 8.99. The van der Waals surface area contributed by atoms with Crippen LogP contribution >= 0.6 is 0 Å². The third-order valence-electron chi connectivity index (χ3n) is 2.75. The van der Waals surface area contributed by atoms with E-state index in [1.165, 1.54) is 0 Å². The minimum atomic E-state index is -0.0199. The van der Waals surface area contributed by atoms with Gasteiger partial charge in [0.15, 0.2) is 0 Å². The van der Waals surface area contributed by atoms with Crippen LogP contribution in [0.2, 0.25) is 0 Å². The lowest BCUT2D eigenvalue weighted by molar-refractivity contribution is 0.195. The van der Waals surface area contributed by atoms with Crippen LogP contribution in [0.25, 0.3) is 0 Å². The Balaban J connectivity index is 4.23. The molecule has 0 spiro atoms. The van der Waals surface area contributed by atoms with E-state index in [0.29, 0.717) is 13.0 Å².